The van der Waals surface area contributed by atoms with Gasteiger partial charge in [0.15, 0.2) is 16.3 Å². The summed E-state index contributed by atoms with van der Waals surface area (Å²) in [5.74, 6) is 1.18. The lowest BCUT2D eigenvalue weighted by atomic mass is 10.1. The molecular weight excluding hydrogens is 360 g/mol. The summed E-state index contributed by atoms with van der Waals surface area (Å²) in [4.78, 5) is 31.0. The van der Waals surface area contributed by atoms with Gasteiger partial charge in [-0.15, -0.1) is 11.6 Å². The zero-order chi connectivity index (χ0) is 17.8. The molecule has 0 aliphatic heterocycles. The van der Waals surface area contributed by atoms with Gasteiger partial charge in [0.25, 0.3) is 5.56 Å². The van der Waals surface area contributed by atoms with Gasteiger partial charge in [-0.2, -0.15) is 0 Å². The van der Waals surface area contributed by atoms with E-state index in [4.69, 9.17) is 11.6 Å². The van der Waals surface area contributed by atoms with Crippen LogP contribution in [0.4, 0.5) is 0 Å². The summed E-state index contributed by atoms with van der Waals surface area (Å²) in [6.45, 7) is 0.650. The van der Waals surface area contributed by atoms with Crippen LogP contribution in [-0.2, 0) is 20.0 Å². The van der Waals surface area contributed by atoms with Crippen molar-refractivity contribution < 1.29 is 0 Å². The van der Waals surface area contributed by atoms with E-state index in [1.807, 2.05) is 22.8 Å². The number of halogens is 1. The van der Waals surface area contributed by atoms with Gasteiger partial charge in [-0.05, 0) is 18.4 Å². The van der Waals surface area contributed by atoms with Crippen LogP contribution in [0.25, 0.3) is 11.2 Å². The molecule has 1 aromatic carbocycles. The van der Waals surface area contributed by atoms with Crippen LogP contribution in [0.2, 0.25) is 0 Å². The first-order chi connectivity index (χ1) is 12.1. The van der Waals surface area contributed by atoms with Gasteiger partial charge in [0.2, 0.25) is 0 Å². The summed E-state index contributed by atoms with van der Waals surface area (Å²) in [6.07, 6.45) is 1.77. The highest BCUT2D eigenvalue weighted by molar-refractivity contribution is 7.99. The number of hydrogen-bond acceptors (Lipinski definition) is 4. The van der Waals surface area contributed by atoms with Crippen molar-refractivity contribution in [1.29, 1.82) is 0 Å². The van der Waals surface area contributed by atoms with E-state index in [2.05, 4.69) is 22.1 Å². The van der Waals surface area contributed by atoms with Crippen molar-refractivity contribution in [2.45, 2.75) is 24.5 Å². The Morgan fingerprint density at radius 1 is 1.24 bits per heavy atom. The molecule has 0 radical (unpaired) electrons. The standard InChI is InChI=1S/C17H19ClN4O2S/c1-21-14-13(15(23)20-16(21)24)22(17(19-14)25-11-9-18)10-5-8-12-6-3-2-4-7-12/h2-4,6-7H,5,8-11H2,1H3,(H,20,23,24). The molecule has 0 aliphatic carbocycles. The van der Waals surface area contributed by atoms with Gasteiger partial charge in [-0.25, -0.2) is 9.78 Å². The molecule has 0 spiro atoms. The molecule has 8 heteroatoms. The number of imidazole rings is 1. The molecule has 132 valence electrons. The second kappa shape index (κ2) is 7.93. The summed E-state index contributed by atoms with van der Waals surface area (Å²) in [5, 5.41) is 0.718. The minimum absolute atomic E-state index is 0.400. The quantitative estimate of drug-likeness (QED) is 0.506. The maximum Gasteiger partial charge on any atom is 0.329 e. The van der Waals surface area contributed by atoms with Gasteiger partial charge in [-0.3, -0.25) is 14.3 Å². The van der Waals surface area contributed by atoms with Crippen molar-refractivity contribution in [1.82, 2.24) is 19.1 Å². The summed E-state index contributed by atoms with van der Waals surface area (Å²) < 4.78 is 3.27. The average Bonchev–Trinajstić information content (AvgIpc) is 2.98. The molecule has 2 aromatic heterocycles. The summed E-state index contributed by atoms with van der Waals surface area (Å²) in [6, 6.07) is 10.2. The fourth-order valence-corrected chi connectivity index (χ4v) is 3.73. The summed E-state index contributed by atoms with van der Waals surface area (Å²) in [5.41, 5.74) is 1.24. The predicted molar refractivity (Wildman–Crippen MR) is 102 cm³/mol. The number of nitrogens with one attached hydrogen (secondary N) is 1. The minimum atomic E-state index is -0.458. The van der Waals surface area contributed by atoms with Crippen LogP contribution in [0.15, 0.2) is 45.1 Å². The largest absolute Gasteiger partial charge is 0.329 e. The Hall–Kier alpha value is -1.99. The monoisotopic (exact) mass is 378 g/mol. The normalized spacial score (nSPS) is 11.3. The van der Waals surface area contributed by atoms with Crippen molar-refractivity contribution in [3.05, 3.63) is 56.7 Å². The Morgan fingerprint density at radius 2 is 2.00 bits per heavy atom. The van der Waals surface area contributed by atoms with Crippen LogP contribution >= 0.6 is 23.4 Å². The lowest BCUT2D eigenvalue weighted by Crippen LogP contribution is -2.29. The molecule has 2 heterocycles. The van der Waals surface area contributed by atoms with Gasteiger partial charge in [0, 0.05) is 25.2 Å². The number of benzene rings is 1. The summed E-state index contributed by atoms with van der Waals surface area (Å²) >= 11 is 7.29. The van der Waals surface area contributed by atoms with E-state index in [0.29, 0.717) is 29.3 Å². The molecule has 0 bridgehead atoms. The maximum atomic E-state index is 12.3. The molecule has 0 atom stereocenters. The first-order valence-corrected chi connectivity index (χ1v) is 9.56. The van der Waals surface area contributed by atoms with Crippen LogP contribution in [0.3, 0.4) is 0 Å². The fraction of sp³-hybridized carbons (Fsp3) is 0.353. The lowest BCUT2D eigenvalue weighted by Gasteiger charge is -2.08. The molecule has 6 nitrogen and oxygen atoms in total. The fourth-order valence-electron chi connectivity index (χ4n) is 2.75. The molecule has 25 heavy (non-hydrogen) atoms. The Labute approximate surface area is 153 Å². The molecule has 0 fully saturated rings. The number of aryl methyl sites for hydroxylation is 3. The van der Waals surface area contributed by atoms with Crippen LogP contribution in [0, 0.1) is 0 Å². The van der Waals surface area contributed by atoms with Gasteiger partial charge in [-0.1, -0.05) is 42.1 Å². The number of alkyl halides is 1. The molecule has 1 N–H and O–H groups in total. The molecule has 3 aromatic rings. The van der Waals surface area contributed by atoms with Gasteiger partial charge >= 0.3 is 5.69 Å². The van der Waals surface area contributed by atoms with E-state index in [1.165, 1.54) is 21.9 Å². The Morgan fingerprint density at radius 3 is 2.72 bits per heavy atom. The highest BCUT2D eigenvalue weighted by Gasteiger charge is 2.17. The summed E-state index contributed by atoms with van der Waals surface area (Å²) in [7, 11) is 1.61. The molecule has 0 saturated heterocycles. The average molecular weight is 379 g/mol. The zero-order valence-electron chi connectivity index (χ0n) is 13.9. The van der Waals surface area contributed by atoms with E-state index in [-0.39, 0.29) is 0 Å². The van der Waals surface area contributed by atoms with Crippen molar-refractivity contribution in [3.8, 4) is 0 Å². The van der Waals surface area contributed by atoms with E-state index in [1.54, 1.807) is 7.05 Å². The molecule has 3 rings (SSSR count). The number of H-pyrrole nitrogens is 1. The maximum absolute atomic E-state index is 12.3. The Balaban J connectivity index is 1.94. The number of aromatic nitrogens is 4. The number of rotatable bonds is 7. The van der Waals surface area contributed by atoms with Gasteiger partial charge in [0.1, 0.15) is 0 Å². The third-order valence-electron chi connectivity index (χ3n) is 3.97. The van der Waals surface area contributed by atoms with Gasteiger partial charge < -0.3 is 4.57 Å². The lowest BCUT2D eigenvalue weighted by molar-refractivity contribution is 0.608. The first-order valence-electron chi connectivity index (χ1n) is 8.04. The Bertz CT molecular complexity index is 978. The Kier molecular flexibility index (Phi) is 5.65. The second-order valence-corrected chi connectivity index (χ2v) is 7.10. The highest BCUT2D eigenvalue weighted by atomic mass is 35.5. The van der Waals surface area contributed by atoms with Crippen LogP contribution in [-0.4, -0.2) is 30.7 Å². The number of thioether (sulfide) groups is 1. The number of aromatic amines is 1. The van der Waals surface area contributed by atoms with Crippen LogP contribution in [0.5, 0.6) is 0 Å². The van der Waals surface area contributed by atoms with Crippen molar-refractivity contribution in [2.24, 2.45) is 7.05 Å². The third-order valence-corrected chi connectivity index (χ3v) is 5.36. The van der Waals surface area contributed by atoms with Crippen LogP contribution in [0.1, 0.15) is 12.0 Å². The molecule has 0 saturated carbocycles. The van der Waals surface area contributed by atoms with Crippen molar-refractivity contribution >= 4 is 34.5 Å². The second-order valence-electron chi connectivity index (χ2n) is 5.66. The zero-order valence-corrected chi connectivity index (χ0v) is 15.4. The van der Waals surface area contributed by atoms with Crippen molar-refractivity contribution in [2.75, 3.05) is 11.6 Å². The van der Waals surface area contributed by atoms with E-state index < -0.39 is 11.2 Å². The van der Waals surface area contributed by atoms with Crippen molar-refractivity contribution in [3.63, 3.8) is 0 Å². The number of fused-ring (bicyclic) bond motifs is 1. The molecule has 0 amide bonds. The smallest absolute Gasteiger partial charge is 0.313 e. The van der Waals surface area contributed by atoms with E-state index >= 15 is 0 Å². The molecule has 0 unspecified atom stereocenters. The molecular formula is C17H19ClN4O2S. The predicted octanol–water partition coefficient (Wildman–Crippen LogP) is 2.39. The third kappa shape index (κ3) is 3.82. The highest BCUT2D eigenvalue weighted by Crippen LogP contribution is 2.22. The number of nitrogens with zero attached hydrogens (tertiary/aromatic N) is 3. The van der Waals surface area contributed by atoms with E-state index in [9.17, 15) is 9.59 Å². The van der Waals surface area contributed by atoms with E-state index in [0.717, 1.165) is 18.0 Å². The molecule has 0 aliphatic rings. The van der Waals surface area contributed by atoms with Gasteiger partial charge in [0.05, 0.1) is 0 Å². The first kappa shape index (κ1) is 17.8. The SMILES string of the molecule is Cn1c(=O)[nH]c(=O)c2c1nc(SCCCl)n2CCCc1ccccc1. The van der Waals surface area contributed by atoms with Crippen LogP contribution < -0.4 is 11.2 Å². The topological polar surface area (TPSA) is 72.7 Å². The number of hydrogen-bond donors (Lipinski definition) is 1. The minimum Gasteiger partial charge on any atom is -0.313 e.